The first-order valence-electron chi connectivity index (χ1n) is 7.44. The first-order valence-corrected chi connectivity index (χ1v) is 7.44. The van der Waals surface area contributed by atoms with Crippen LogP contribution in [0.2, 0.25) is 0 Å². The Hall–Kier alpha value is -1.98. The third kappa shape index (κ3) is 4.51. The van der Waals surface area contributed by atoms with Crippen molar-refractivity contribution in [2.24, 2.45) is 0 Å². The van der Waals surface area contributed by atoms with Crippen LogP contribution in [0.3, 0.4) is 0 Å². The summed E-state index contributed by atoms with van der Waals surface area (Å²) in [5.41, 5.74) is 0. The number of aliphatic carboxylic acids is 1. The Morgan fingerprint density at radius 1 is 1.52 bits per heavy atom. The maximum Gasteiger partial charge on any atom is 0.326 e. The fourth-order valence-electron chi connectivity index (χ4n) is 2.22. The van der Waals surface area contributed by atoms with Gasteiger partial charge in [0.1, 0.15) is 11.8 Å². The molecule has 1 aromatic rings. The average Bonchev–Trinajstić information content (AvgIpc) is 3.16. The first kappa shape index (κ1) is 15.4. The molecule has 0 radical (unpaired) electrons. The smallest absolute Gasteiger partial charge is 0.326 e. The minimum Gasteiger partial charge on any atom is -0.480 e. The number of rotatable bonds is 8. The molecule has 2 N–H and O–H groups in total. The van der Waals surface area contributed by atoms with E-state index in [1.54, 1.807) is 17.2 Å². The van der Waals surface area contributed by atoms with Gasteiger partial charge in [-0.3, -0.25) is 0 Å². The minimum atomic E-state index is -0.981. The molecule has 2 rings (SSSR count). The normalized spacial score (nSPS) is 15.5. The molecule has 0 aliphatic heterocycles. The van der Waals surface area contributed by atoms with Crippen LogP contribution in [-0.2, 0) is 11.3 Å². The van der Waals surface area contributed by atoms with Crippen LogP contribution in [0.5, 0.6) is 0 Å². The number of unbranched alkanes of at least 4 members (excludes halogenated alkanes) is 1. The number of furan rings is 1. The van der Waals surface area contributed by atoms with Crippen molar-refractivity contribution in [3.63, 3.8) is 0 Å². The van der Waals surface area contributed by atoms with Gasteiger partial charge in [0.25, 0.3) is 0 Å². The fraction of sp³-hybridized carbons (Fsp3) is 0.600. The number of carbonyl (C=O) groups excluding carboxylic acids is 1. The van der Waals surface area contributed by atoms with Crippen molar-refractivity contribution >= 4 is 12.0 Å². The van der Waals surface area contributed by atoms with Crippen LogP contribution in [-0.4, -0.2) is 34.1 Å². The van der Waals surface area contributed by atoms with Crippen molar-refractivity contribution in [2.75, 3.05) is 0 Å². The van der Waals surface area contributed by atoms with Gasteiger partial charge in [-0.05, 0) is 31.4 Å². The summed E-state index contributed by atoms with van der Waals surface area (Å²) in [4.78, 5) is 25.2. The van der Waals surface area contributed by atoms with Crippen LogP contribution in [0.1, 0.15) is 44.8 Å². The van der Waals surface area contributed by atoms with Gasteiger partial charge in [-0.1, -0.05) is 19.8 Å². The number of carboxylic acids is 1. The highest BCUT2D eigenvalue weighted by Gasteiger charge is 2.34. The summed E-state index contributed by atoms with van der Waals surface area (Å²) < 4.78 is 5.27. The van der Waals surface area contributed by atoms with Crippen LogP contribution in [0.4, 0.5) is 4.79 Å². The molecular weight excluding hydrogens is 272 g/mol. The number of carboxylic acid groups (broad SMARTS) is 1. The van der Waals surface area contributed by atoms with Crippen molar-refractivity contribution in [1.82, 2.24) is 10.2 Å². The molecule has 1 saturated carbocycles. The third-order valence-corrected chi connectivity index (χ3v) is 3.60. The molecule has 6 heteroatoms. The maximum atomic E-state index is 12.3. The van der Waals surface area contributed by atoms with E-state index in [4.69, 9.17) is 4.42 Å². The van der Waals surface area contributed by atoms with Crippen molar-refractivity contribution in [3.8, 4) is 0 Å². The highest BCUT2D eigenvalue weighted by molar-refractivity contribution is 5.82. The minimum absolute atomic E-state index is 0.190. The molecule has 1 fully saturated rings. The van der Waals surface area contributed by atoms with E-state index in [1.165, 1.54) is 0 Å². The summed E-state index contributed by atoms with van der Waals surface area (Å²) in [6.07, 6.45) is 5.62. The van der Waals surface area contributed by atoms with Gasteiger partial charge in [0.15, 0.2) is 0 Å². The van der Waals surface area contributed by atoms with E-state index in [1.807, 2.05) is 13.0 Å². The van der Waals surface area contributed by atoms with Gasteiger partial charge in [-0.2, -0.15) is 0 Å². The Balaban J connectivity index is 1.95. The fourth-order valence-corrected chi connectivity index (χ4v) is 2.22. The Morgan fingerprint density at radius 3 is 2.81 bits per heavy atom. The molecule has 0 aromatic carbocycles. The van der Waals surface area contributed by atoms with Gasteiger partial charge in [0.2, 0.25) is 0 Å². The van der Waals surface area contributed by atoms with E-state index in [9.17, 15) is 14.7 Å². The topological polar surface area (TPSA) is 82.8 Å². The number of urea groups is 1. The summed E-state index contributed by atoms with van der Waals surface area (Å²) in [6.45, 7) is 2.37. The Bertz CT molecular complexity index is 468. The zero-order chi connectivity index (χ0) is 15.2. The largest absolute Gasteiger partial charge is 0.480 e. The molecule has 1 heterocycles. The molecule has 6 nitrogen and oxygen atoms in total. The number of hydrogen-bond acceptors (Lipinski definition) is 3. The van der Waals surface area contributed by atoms with Gasteiger partial charge in [0, 0.05) is 6.04 Å². The third-order valence-electron chi connectivity index (χ3n) is 3.60. The van der Waals surface area contributed by atoms with E-state index >= 15 is 0 Å². The molecule has 1 unspecified atom stereocenters. The number of nitrogens with zero attached hydrogens (tertiary/aromatic N) is 1. The average molecular weight is 294 g/mol. The van der Waals surface area contributed by atoms with E-state index in [2.05, 4.69) is 5.32 Å². The lowest BCUT2D eigenvalue weighted by Crippen LogP contribution is -2.48. The maximum absolute atomic E-state index is 12.3. The van der Waals surface area contributed by atoms with Gasteiger partial charge < -0.3 is 19.7 Å². The van der Waals surface area contributed by atoms with Crippen LogP contribution >= 0.6 is 0 Å². The molecule has 2 amide bonds. The lowest BCUT2D eigenvalue weighted by atomic mass is 10.1. The van der Waals surface area contributed by atoms with Gasteiger partial charge in [-0.15, -0.1) is 0 Å². The van der Waals surface area contributed by atoms with Crippen molar-refractivity contribution in [2.45, 2.75) is 57.7 Å². The molecule has 1 atom stereocenters. The number of nitrogens with one attached hydrogen (secondary N) is 1. The van der Waals surface area contributed by atoms with Crippen LogP contribution in [0.25, 0.3) is 0 Å². The molecule has 1 aromatic heterocycles. The molecule has 21 heavy (non-hydrogen) atoms. The summed E-state index contributed by atoms with van der Waals surface area (Å²) in [5.74, 6) is -0.275. The quantitative estimate of drug-likeness (QED) is 0.772. The molecule has 116 valence electrons. The monoisotopic (exact) mass is 294 g/mol. The molecule has 1 aliphatic rings. The Kier molecular flexibility index (Phi) is 5.25. The second kappa shape index (κ2) is 7.15. The lowest BCUT2D eigenvalue weighted by Gasteiger charge is -2.24. The zero-order valence-electron chi connectivity index (χ0n) is 12.2. The predicted molar refractivity (Wildman–Crippen MR) is 76.8 cm³/mol. The SMILES string of the molecule is CCCCC(NC(=O)N(Cc1ccco1)C1CC1)C(=O)O. The van der Waals surface area contributed by atoms with Crippen LogP contribution < -0.4 is 5.32 Å². The van der Waals surface area contributed by atoms with E-state index in [0.717, 1.165) is 25.7 Å². The van der Waals surface area contributed by atoms with Crippen molar-refractivity contribution in [1.29, 1.82) is 0 Å². The molecule has 1 aliphatic carbocycles. The van der Waals surface area contributed by atoms with E-state index < -0.39 is 12.0 Å². The molecular formula is C15H22N2O4. The van der Waals surface area contributed by atoms with Crippen molar-refractivity contribution in [3.05, 3.63) is 24.2 Å². The molecule has 0 saturated heterocycles. The van der Waals surface area contributed by atoms with Crippen LogP contribution in [0.15, 0.2) is 22.8 Å². The summed E-state index contributed by atoms with van der Waals surface area (Å²) >= 11 is 0. The highest BCUT2D eigenvalue weighted by atomic mass is 16.4. The lowest BCUT2D eigenvalue weighted by molar-refractivity contribution is -0.139. The summed E-state index contributed by atoms with van der Waals surface area (Å²) in [6, 6.07) is 2.64. The summed E-state index contributed by atoms with van der Waals surface area (Å²) in [7, 11) is 0. The van der Waals surface area contributed by atoms with Gasteiger partial charge in [0.05, 0.1) is 12.8 Å². The van der Waals surface area contributed by atoms with E-state index in [0.29, 0.717) is 18.7 Å². The van der Waals surface area contributed by atoms with Crippen LogP contribution in [0, 0.1) is 0 Å². The van der Waals surface area contributed by atoms with Gasteiger partial charge in [-0.25, -0.2) is 9.59 Å². The molecule has 0 bridgehead atoms. The number of carbonyl (C=O) groups is 2. The second-order valence-corrected chi connectivity index (χ2v) is 5.42. The van der Waals surface area contributed by atoms with Gasteiger partial charge >= 0.3 is 12.0 Å². The first-order chi connectivity index (χ1) is 10.1. The zero-order valence-corrected chi connectivity index (χ0v) is 12.2. The highest BCUT2D eigenvalue weighted by Crippen LogP contribution is 2.28. The molecule has 0 spiro atoms. The number of amides is 2. The summed E-state index contributed by atoms with van der Waals surface area (Å²) in [5, 5.41) is 11.8. The second-order valence-electron chi connectivity index (χ2n) is 5.42. The standard InChI is InChI=1S/C15H22N2O4/c1-2-3-6-13(14(18)19)16-15(20)17(11-7-8-11)10-12-5-4-9-21-12/h4-5,9,11,13H,2-3,6-8,10H2,1H3,(H,16,20)(H,18,19). The Labute approximate surface area is 124 Å². The van der Waals surface area contributed by atoms with E-state index in [-0.39, 0.29) is 12.1 Å². The predicted octanol–water partition coefficient (Wildman–Crippen LogP) is 2.60. The van der Waals surface area contributed by atoms with Crippen molar-refractivity contribution < 1.29 is 19.1 Å². The Morgan fingerprint density at radius 2 is 2.29 bits per heavy atom. The number of hydrogen-bond donors (Lipinski definition) is 2.